The summed E-state index contributed by atoms with van der Waals surface area (Å²) in [6.07, 6.45) is 0.953. The largest absolute Gasteiger partial charge is 0.393 e. The predicted octanol–water partition coefficient (Wildman–Crippen LogP) is 2.48. The van der Waals surface area contributed by atoms with Crippen molar-refractivity contribution in [1.82, 2.24) is 5.32 Å². The van der Waals surface area contributed by atoms with Gasteiger partial charge < -0.3 is 10.4 Å². The van der Waals surface area contributed by atoms with Crippen LogP contribution in [0.5, 0.6) is 0 Å². The lowest BCUT2D eigenvalue weighted by molar-refractivity contribution is 0.0948. The zero-order valence-electron chi connectivity index (χ0n) is 9.54. The molecule has 0 saturated heterocycles. The molecule has 1 aromatic rings. The van der Waals surface area contributed by atoms with E-state index in [2.05, 4.69) is 21.2 Å². The van der Waals surface area contributed by atoms with E-state index in [4.69, 9.17) is 5.11 Å². The van der Waals surface area contributed by atoms with Crippen molar-refractivity contribution in [2.24, 2.45) is 0 Å². The molecule has 1 atom stereocenters. The van der Waals surface area contributed by atoms with Crippen molar-refractivity contribution < 1.29 is 14.3 Å². The SMILES string of the molecule is CC(O)CCCNC(=O)c1cc(F)ccc1Br. The van der Waals surface area contributed by atoms with Gasteiger partial charge in [-0.15, -0.1) is 0 Å². The molecule has 17 heavy (non-hydrogen) atoms. The lowest BCUT2D eigenvalue weighted by atomic mass is 10.2. The van der Waals surface area contributed by atoms with Gasteiger partial charge in [0.25, 0.3) is 5.91 Å². The van der Waals surface area contributed by atoms with Crippen molar-refractivity contribution in [3.8, 4) is 0 Å². The second kappa shape index (κ2) is 6.71. The Kier molecular flexibility index (Phi) is 5.58. The number of halogens is 2. The van der Waals surface area contributed by atoms with Crippen molar-refractivity contribution in [3.05, 3.63) is 34.1 Å². The van der Waals surface area contributed by atoms with Gasteiger partial charge in [-0.3, -0.25) is 4.79 Å². The number of benzene rings is 1. The number of hydrogen-bond acceptors (Lipinski definition) is 2. The molecule has 1 aromatic carbocycles. The highest BCUT2D eigenvalue weighted by Gasteiger charge is 2.10. The molecular weight excluding hydrogens is 289 g/mol. The first kappa shape index (κ1) is 14.1. The first-order valence-corrected chi connectivity index (χ1v) is 6.21. The van der Waals surface area contributed by atoms with Crippen LogP contribution in [0.1, 0.15) is 30.1 Å². The fourth-order valence-electron chi connectivity index (χ4n) is 1.37. The Bertz CT molecular complexity index is 396. The fourth-order valence-corrected chi connectivity index (χ4v) is 1.79. The van der Waals surface area contributed by atoms with Crippen LogP contribution < -0.4 is 5.32 Å². The van der Waals surface area contributed by atoms with Gasteiger partial charge in [-0.1, -0.05) is 0 Å². The van der Waals surface area contributed by atoms with Gasteiger partial charge in [-0.25, -0.2) is 4.39 Å². The highest BCUT2D eigenvalue weighted by Crippen LogP contribution is 2.17. The van der Waals surface area contributed by atoms with Crippen molar-refractivity contribution in [1.29, 1.82) is 0 Å². The minimum Gasteiger partial charge on any atom is -0.393 e. The predicted molar refractivity (Wildman–Crippen MR) is 67.3 cm³/mol. The quantitative estimate of drug-likeness (QED) is 0.821. The molecule has 0 saturated carbocycles. The lowest BCUT2D eigenvalue weighted by Crippen LogP contribution is -2.25. The van der Waals surface area contributed by atoms with Crippen LogP contribution in [0, 0.1) is 5.82 Å². The van der Waals surface area contributed by atoms with Crippen molar-refractivity contribution in [2.45, 2.75) is 25.9 Å². The summed E-state index contributed by atoms with van der Waals surface area (Å²) < 4.78 is 13.5. The summed E-state index contributed by atoms with van der Waals surface area (Å²) in [5, 5.41) is 11.7. The topological polar surface area (TPSA) is 49.3 Å². The van der Waals surface area contributed by atoms with Crippen molar-refractivity contribution in [2.75, 3.05) is 6.54 Å². The highest BCUT2D eigenvalue weighted by molar-refractivity contribution is 9.10. The second-order valence-electron chi connectivity index (χ2n) is 3.87. The van der Waals surface area contributed by atoms with Crippen LogP contribution in [0.4, 0.5) is 4.39 Å². The van der Waals surface area contributed by atoms with E-state index in [9.17, 15) is 9.18 Å². The van der Waals surface area contributed by atoms with Crippen LogP contribution in [0.3, 0.4) is 0 Å². The van der Waals surface area contributed by atoms with Gasteiger partial charge >= 0.3 is 0 Å². The van der Waals surface area contributed by atoms with E-state index in [-0.39, 0.29) is 17.6 Å². The fraction of sp³-hybridized carbons (Fsp3) is 0.417. The van der Waals surface area contributed by atoms with Gasteiger partial charge in [0.1, 0.15) is 5.82 Å². The van der Waals surface area contributed by atoms with Gasteiger partial charge in [0.2, 0.25) is 0 Å². The van der Waals surface area contributed by atoms with Crippen LogP contribution in [0.25, 0.3) is 0 Å². The van der Waals surface area contributed by atoms with E-state index >= 15 is 0 Å². The van der Waals surface area contributed by atoms with E-state index in [1.807, 2.05) is 0 Å². The molecule has 0 spiro atoms. The molecule has 0 heterocycles. The molecule has 94 valence electrons. The normalized spacial score (nSPS) is 12.2. The number of aliphatic hydroxyl groups is 1. The molecule has 0 aromatic heterocycles. The maximum atomic E-state index is 13.0. The Morgan fingerprint density at radius 1 is 1.59 bits per heavy atom. The van der Waals surface area contributed by atoms with Crippen LogP contribution in [0.2, 0.25) is 0 Å². The van der Waals surface area contributed by atoms with Crippen LogP contribution in [0.15, 0.2) is 22.7 Å². The van der Waals surface area contributed by atoms with Gasteiger partial charge in [-0.05, 0) is 53.9 Å². The molecule has 5 heteroatoms. The van der Waals surface area contributed by atoms with Gasteiger partial charge in [0.15, 0.2) is 0 Å². The minimum absolute atomic E-state index is 0.280. The molecule has 1 amide bonds. The van der Waals surface area contributed by atoms with E-state index in [0.717, 1.165) is 0 Å². The number of nitrogens with one attached hydrogen (secondary N) is 1. The number of rotatable bonds is 5. The van der Waals surface area contributed by atoms with Crippen LogP contribution in [-0.2, 0) is 0 Å². The molecule has 3 nitrogen and oxygen atoms in total. The third-order valence-electron chi connectivity index (χ3n) is 2.26. The first-order chi connectivity index (χ1) is 8.00. The highest BCUT2D eigenvalue weighted by atomic mass is 79.9. The molecule has 0 fully saturated rings. The van der Waals surface area contributed by atoms with E-state index in [0.29, 0.717) is 23.9 Å². The standard InChI is InChI=1S/C12H15BrFNO2/c1-8(16)3-2-6-15-12(17)10-7-9(14)4-5-11(10)13/h4-5,7-8,16H,2-3,6H2,1H3,(H,15,17). The lowest BCUT2D eigenvalue weighted by Gasteiger charge is -2.08. The number of carbonyl (C=O) groups excluding carboxylic acids is 1. The molecular formula is C12H15BrFNO2. The Hall–Kier alpha value is -0.940. The molecule has 2 N–H and O–H groups in total. The smallest absolute Gasteiger partial charge is 0.252 e. The third-order valence-corrected chi connectivity index (χ3v) is 2.95. The number of amides is 1. The molecule has 0 aliphatic heterocycles. The summed E-state index contributed by atoms with van der Waals surface area (Å²) in [5.74, 6) is -0.760. The molecule has 0 radical (unpaired) electrons. The van der Waals surface area contributed by atoms with E-state index in [1.165, 1.54) is 18.2 Å². The first-order valence-electron chi connectivity index (χ1n) is 5.42. The summed E-state index contributed by atoms with van der Waals surface area (Å²) in [6.45, 7) is 2.16. The Balaban J connectivity index is 2.49. The van der Waals surface area contributed by atoms with E-state index < -0.39 is 5.82 Å². The Labute approximate surface area is 108 Å². The van der Waals surface area contributed by atoms with Crippen LogP contribution >= 0.6 is 15.9 Å². The summed E-state index contributed by atoms with van der Waals surface area (Å²) >= 11 is 3.20. The zero-order valence-corrected chi connectivity index (χ0v) is 11.1. The Morgan fingerprint density at radius 2 is 2.29 bits per heavy atom. The molecule has 0 aliphatic rings. The van der Waals surface area contributed by atoms with Gasteiger partial charge in [-0.2, -0.15) is 0 Å². The minimum atomic E-state index is -0.442. The molecule has 0 bridgehead atoms. The summed E-state index contributed by atoms with van der Waals surface area (Å²) in [4.78, 5) is 11.7. The number of carbonyl (C=O) groups is 1. The number of hydrogen-bond donors (Lipinski definition) is 2. The zero-order chi connectivity index (χ0) is 12.8. The molecule has 0 aliphatic carbocycles. The van der Waals surface area contributed by atoms with Gasteiger partial charge in [0, 0.05) is 11.0 Å². The van der Waals surface area contributed by atoms with Crippen molar-refractivity contribution >= 4 is 21.8 Å². The average molecular weight is 304 g/mol. The number of aliphatic hydroxyl groups excluding tert-OH is 1. The van der Waals surface area contributed by atoms with E-state index in [1.54, 1.807) is 6.92 Å². The average Bonchev–Trinajstić information content (AvgIpc) is 2.27. The molecule has 1 rings (SSSR count). The monoisotopic (exact) mass is 303 g/mol. The summed E-state index contributed by atoms with van der Waals surface area (Å²) in [7, 11) is 0. The second-order valence-corrected chi connectivity index (χ2v) is 4.73. The molecule has 1 unspecified atom stereocenters. The van der Waals surface area contributed by atoms with Gasteiger partial charge in [0.05, 0.1) is 11.7 Å². The maximum absolute atomic E-state index is 13.0. The Morgan fingerprint density at radius 3 is 2.94 bits per heavy atom. The van der Waals surface area contributed by atoms with Crippen LogP contribution in [-0.4, -0.2) is 23.7 Å². The third kappa shape index (κ3) is 4.83. The maximum Gasteiger partial charge on any atom is 0.252 e. The van der Waals surface area contributed by atoms with Crippen molar-refractivity contribution in [3.63, 3.8) is 0 Å². The summed E-state index contributed by atoms with van der Waals surface area (Å²) in [6, 6.07) is 3.97. The summed E-state index contributed by atoms with van der Waals surface area (Å²) in [5.41, 5.74) is 0.280.